The number of non-ortho nitro benzene ring substituents is 2. The monoisotopic (exact) mass is 1110 g/mol. The number of nitro groups is 2. The highest BCUT2D eigenvalue weighted by molar-refractivity contribution is 7.95. The molecule has 0 saturated heterocycles. The number of rotatable bonds is 18. The second-order valence-electron chi connectivity index (χ2n) is 13.2. The molecule has 0 aliphatic rings. The third-order valence-electron chi connectivity index (χ3n) is 8.94. The molecule has 10 N–H and O–H groups in total. The minimum Gasteiger partial charge on any atom is -0.505 e. The van der Waals surface area contributed by atoms with Crippen molar-refractivity contribution in [3.05, 3.63) is 87.0 Å². The van der Waals surface area contributed by atoms with Crippen LogP contribution in [-0.4, -0.2) is 82.5 Å². The molecular formula is C32H21N9O24S6. The molecule has 33 nitrogen and oxygen atoms in total. The normalized spacial score (nSPS) is 12.8. The molecule has 6 aromatic rings. The Hall–Kier alpha value is -7.06. The minimum absolute atomic E-state index is 0.0446. The lowest BCUT2D eigenvalue weighted by Gasteiger charge is -2.14. The van der Waals surface area contributed by atoms with Crippen LogP contribution in [0.3, 0.4) is 0 Å². The summed E-state index contributed by atoms with van der Waals surface area (Å²) in [7, 11) is -21.7. The van der Waals surface area contributed by atoms with Crippen molar-refractivity contribution in [3.63, 3.8) is 0 Å². The fraction of sp³-hybridized carbons (Fsp3) is 0. The van der Waals surface area contributed by atoms with Crippen LogP contribution in [0.15, 0.2) is 127 Å². The second kappa shape index (κ2) is 20.3. The topological polar surface area (TPSA) is 522 Å². The quantitative estimate of drug-likeness (QED) is 0.00750. The Morgan fingerprint density at radius 2 is 1.03 bits per heavy atom. The molecule has 0 heterocycles. The maximum atomic E-state index is 12.8. The van der Waals surface area contributed by atoms with Gasteiger partial charge in [0, 0.05) is 35.0 Å². The third kappa shape index (κ3) is 11.6. The molecule has 0 aliphatic carbocycles. The molecule has 0 bridgehead atoms. The van der Waals surface area contributed by atoms with E-state index in [1.807, 2.05) is 0 Å². The number of azo groups is 3. The number of phenolic OH excluding ortho intramolecular Hbond substituents is 2. The van der Waals surface area contributed by atoms with Crippen molar-refractivity contribution in [1.82, 2.24) is 0 Å². The summed E-state index contributed by atoms with van der Waals surface area (Å²) < 4.78 is 149. The summed E-state index contributed by atoms with van der Waals surface area (Å²) in [6.45, 7) is 0. The molecule has 0 fully saturated rings. The zero-order chi connectivity index (χ0) is 52.5. The van der Waals surface area contributed by atoms with Gasteiger partial charge >= 0.3 is 0 Å². The van der Waals surface area contributed by atoms with Crippen molar-refractivity contribution >= 4 is 137 Å². The van der Waals surface area contributed by atoms with Gasteiger partial charge < -0.3 is 15.9 Å². The van der Waals surface area contributed by atoms with E-state index in [1.54, 1.807) is 0 Å². The maximum absolute atomic E-state index is 12.8. The van der Waals surface area contributed by atoms with E-state index < -0.39 is 159 Å². The van der Waals surface area contributed by atoms with Crippen LogP contribution in [0.4, 0.5) is 51.2 Å². The Morgan fingerprint density at radius 1 is 0.521 bits per heavy atom. The van der Waals surface area contributed by atoms with E-state index >= 15 is 0 Å². The van der Waals surface area contributed by atoms with Crippen LogP contribution < -0.4 is 5.73 Å². The molecule has 0 spiro atoms. The standard InChI is InChI=1S/C32H21N9O24S6/c33-27-26-12(5-21(67-65-63-49)28(32(26)43)37-36-19-4-2-15(41(46)47)10-23(19)69(53,54)55)6-24(70(56,57)58)29(27)38-34-13-7-17-16(22(8-13)68(50,51)52)11-25(71(59,60)61)30(31(17)42)39-35-18-3-1-14(40(44)45)9-20(18)66-64-62-48/h1-11,42-43,48-49H,33H2,(H,50,51,52)(H,53,54,55)(H,56,57,58)(H,59,60,61). The predicted octanol–water partition coefficient (Wildman–Crippen LogP) is 7.89. The van der Waals surface area contributed by atoms with Crippen LogP contribution >= 0.6 is 24.1 Å². The van der Waals surface area contributed by atoms with Crippen LogP contribution in [-0.2, 0) is 59.2 Å². The molecule has 0 aromatic heterocycles. The molecular weight excluding hydrogens is 1090 g/mol. The lowest BCUT2D eigenvalue weighted by Crippen LogP contribution is -2.03. The third-order valence-corrected chi connectivity index (χ3v) is 13.7. The molecule has 6 aromatic carbocycles. The van der Waals surface area contributed by atoms with Crippen LogP contribution in [0.25, 0.3) is 21.5 Å². The molecule has 0 atom stereocenters. The highest BCUT2D eigenvalue weighted by Gasteiger charge is 2.29. The van der Waals surface area contributed by atoms with Gasteiger partial charge in [-0.2, -0.15) is 38.8 Å². The summed E-state index contributed by atoms with van der Waals surface area (Å²) in [5.41, 5.74) is -0.922. The van der Waals surface area contributed by atoms with Gasteiger partial charge in [0.25, 0.3) is 51.8 Å². The number of fused-ring (bicyclic) bond motifs is 2. The highest BCUT2D eigenvalue weighted by atomic mass is 32.2. The number of benzene rings is 6. The van der Waals surface area contributed by atoms with E-state index in [1.165, 1.54) is 0 Å². The summed E-state index contributed by atoms with van der Waals surface area (Å²) in [5, 5.41) is 89.3. The number of hydrogen-bond acceptors (Lipinski definition) is 29. The Balaban J connectivity index is 1.59. The Bertz CT molecular complexity index is 3800. The first-order chi connectivity index (χ1) is 33.1. The summed E-state index contributed by atoms with van der Waals surface area (Å²) in [6.07, 6.45) is 0. The predicted molar refractivity (Wildman–Crippen MR) is 235 cm³/mol. The summed E-state index contributed by atoms with van der Waals surface area (Å²) in [6, 6.07) is 7.69. The summed E-state index contributed by atoms with van der Waals surface area (Å²) in [4.78, 5) is 15.0. The smallest absolute Gasteiger partial charge is 0.297 e. The average Bonchev–Trinajstić information content (AvgIpc) is 3.27. The van der Waals surface area contributed by atoms with Crippen molar-refractivity contribution in [1.29, 1.82) is 0 Å². The number of phenols is 2. The Kier molecular flexibility index (Phi) is 15.3. The molecule has 0 radical (unpaired) electrons. The SMILES string of the molecule is Nc1c(N=Nc2cc(S(=O)(=O)O)c3cc(S(=O)(=O)O)c(N=Nc4ccc([N+](=O)[O-])cc4SOOO)c(O)c3c2)c(S(=O)(=O)O)cc2cc(SOOO)c(N=Nc3ccc([N+](=O)[O-])cc3S(=O)(=O)O)c(O)c12. The molecule has 374 valence electrons. The number of nitro benzene ring substituents is 2. The van der Waals surface area contributed by atoms with E-state index in [0.717, 1.165) is 42.5 Å². The molecule has 71 heavy (non-hydrogen) atoms. The Labute approximate surface area is 400 Å². The molecule has 0 saturated carbocycles. The number of nitrogens with zero attached hydrogens (tertiary/aromatic N) is 8. The van der Waals surface area contributed by atoms with Crippen LogP contribution in [0.1, 0.15) is 0 Å². The van der Waals surface area contributed by atoms with Gasteiger partial charge in [0.05, 0.1) is 60.5 Å². The van der Waals surface area contributed by atoms with E-state index in [4.69, 9.17) is 16.2 Å². The lowest BCUT2D eigenvalue weighted by atomic mass is 10.1. The summed E-state index contributed by atoms with van der Waals surface area (Å²) >= 11 is 0.172. The fourth-order valence-corrected chi connectivity index (χ4v) is 9.67. The number of nitrogens with two attached hydrogens (primary N) is 1. The number of hydrogen-bond donors (Lipinski definition) is 9. The number of anilines is 1. The van der Waals surface area contributed by atoms with Gasteiger partial charge in [-0.15, -0.1) is 34.2 Å². The molecule has 0 aliphatic heterocycles. The zero-order valence-electron chi connectivity index (χ0n) is 33.6. The van der Waals surface area contributed by atoms with Gasteiger partial charge in [0.2, 0.25) is 0 Å². The van der Waals surface area contributed by atoms with Gasteiger partial charge in [0.1, 0.15) is 48.0 Å². The summed E-state index contributed by atoms with van der Waals surface area (Å²) in [5.74, 6) is -2.43. The van der Waals surface area contributed by atoms with Gasteiger partial charge in [-0.1, -0.05) is 10.1 Å². The van der Waals surface area contributed by atoms with Crippen LogP contribution in [0.5, 0.6) is 11.5 Å². The van der Waals surface area contributed by atoms with Gasteiger partial charge in [-0.3, -0.25) is 38.4 Å². The van der Waals surface area contributed by atoms with Gasteiger partial charge in [-0.25, -0.2) is 10.5 Å². The second-order valence-corrected chi connectivity index (χ2v) is 20.2. The first kappa shape index (κ1) is 53.3. The van der Waals surface area contributed by atoms with E-state index in [0.29, 0.717) is 24.3 Å². The van der Waals surface area contributed by atoms with Crippen LogP contribution in [0, 0.1) is 20.2 Å². The van der Waals surface area contributed by atoms with E-state index in [-0.39, 0.29) is 29.0 Å². The fourth-order valence-electron chi connectivity index (χ4n) is 6.03. The zero-order valence-corrected chi connectivity index (χ0v) is 38.5. The van der Waals surface area contributed by atoms with Crippen molar-refractivity contribution in [2.75, 3.05) is 5.73 Å². The molecule has 6 rings (SSSR count). The van der Waals surface area contributed by atoms with Crippen molar-refractivity contribution in [2.45, 2.75) is 29.4 Å². The average molecular weight is 1110 g/mol. The molecule has 0 amide bonds. The molecule has 39 heteroatoms. The van der Waals surface area contributed by atoms with Crippen molar-refractivity contribution in [2.24, 2.45) is 30.7 Å². The van der Waals surface area contributed by atoms with Gasteiger partial charge in [-0.05, 0) is 47.9 Å². The molecule has 0 unspecified atom stereocenters. The van der Waals surface area contributed by atoms with Crippen molar-refractivity contribution < 1.29 is 101 Å². The maximum Gasteiger partial charge on any atom is 0.297 e. The Morgan fingerprint density at radius 3 is 1.59 bits per heavy atom. The number of nitrogen functional groups attached to an aromatic ring is 1. The first-order valence-electron chi connectivity index (χ1n) is 17.5. The number of aromatic hydroxyl groups is 2. The van der Waals surface area contributed by atoms with Crippen molar-refractivity contribution in [3.8, 4) is 11.5 Å². The lowest BCUT2D eigenvalue weighted by molar-refractivity contribution is -0.432. The first-order valence-corrected chi connectivity index (χ1v) is 24.8. The largest absolute Gasteiger partial charge is 0.505 e. The van der Waals surface area contributed by atoms with E-state index in [2.05, 4.69) is 49.4 Å². The highest BCUT2D eigenvalue weighted by Crippen LogP contribution is 2.51. The van der Waals surface area contributed by atoms with E-state index in [9.17, 15) is 82.3 Å². The minimum atomic E-state index is -5.51. The van der Waals surface area contributed by atoms with Crippen LogP contribution in [0.2, 0.25) is 0 Å². The van der Waals surface area contributed by atoms with Gasteiger partial charge in [0.15, 0.2) is 11.5 Å².